The number of amides is 1. The minimum Gasteiger partial charge on any atom is -0.497 e. The highest BCUT2D eigenvalue weighted by Gasteiger charge is 2.16. The summed E-state index contributed by atoms with van der Waals surface area (Å²) in [5.74, 6) is 1.03. The van der Waals surface area contributed by atoms with Crippen LogP contribution >= 0.6 is 11.8 Å². The lowest BCUT2D eigenvalue weighted by Crippen LogP contribution is -2.14. The fourth-order valence-electron chi connectivity index (χ4n) is 2.50. The van der Waals surface area contributed by atoms with Gasteiger partial charge in [-0.05, 0) is 53.7 Å². The molecule has 0 aliphatic rings. The number of ether oxygens (including phenoxy) is 2. The van der Waals surface area contributed by atoms with Crippen molar-refractivity contribution in [1.29, 1.82) is 0 Å². The number of ketones is 1. The van der Waals surface area contributed by atoms with Crippen LogP contribution in [0.5, 0.6) is 11.5 Å². The molecule has 0 atom stereocenters. The van der Waals surface area contributed by atoms with Gasteiger partial charge in [0.15, 0.2) is 5.78 Å². The second kappa shape index (κ2) is 9.20. The van der Waals surface area contributed by atoms with E-state index in [1.165, 1.54) is 23.4 Å². The zero-order valence-corrected chi connectivity index (χ0v) is 16.9. The molecule has 0 unspecified atom stereocenters. The molecule has 150 valence electrons. The molecule has 0 aliphatic carbocycles. The van der Waals surface area contributed by atoms with E-state index in [1.807, 2.05) is 0 Å². The van der Waals surface area contributed by atoms with Crippen molar-refractivity contribution in [1.82, 2.24) is 20.2 Å². The second-order valence-corrected chi connectivity index (χ2v) is 6.82. The van der Waals surface area contributed by atoms with E-state index in [9.17, 15) is 9.59 Å². The van der Waals surface area contributed by atoms with Crippen molar-refractivity contribution in [3.8, 4) is 17.2 Å². The van der Waals surface area contributed by atoms with E-state index >= 15 is 0 Å². The maximum atomic E-state index is 12.3. The third-order valence-corrected chi connectivity index (χ3v) is 4.88. The average Bonchev–Trinajstić information content (AvgIpc) is 3.20. The topological polar surface area (TPSA) is 108 Å². The number of benzene rings is 2. The number of carbonyl (C=O) groups excluding carboxylic acids is 2. The third-order valence-electron chi connectivity index (χ3n) is 3.96. The number of nitrogens with zero attached hydrogens (tertiary/aromatic N) is 4. The first-order valence-corrected chi connectivity index (χ1v) is 9.55. The van der Waals surface area contributed by atoms with E-state index in [0.29, 0.717) is 33.6 Å². The summed E-state index contributed by atoms with van der Waals surface area (Å²) in [6.07, 6.45) is 0. The summed E-state index contributed by atoms with van der Waals surface area (Å²) in [5.41, 5.74) is 1.82. The van der Waals surface area contributed by atoms with E-state index < -0.39 is 0 Å². The van der Waals surface area contributed by atoms with Crippen LogP contribution < -0.4 is 14.8 Å². The Labute approximate surface area is 171 Å². The van der Waals surface area contributed by atoms with Crippen LogP contribution in [0, 0.1) is 0 Å². The van der Waals surface area contributed by atoms with Crippen molar-refractivity contribution in [2.75, 3.05) is 25.3 Å². The lowest BCUT2D eigenvalue weighted by molar-refractivity contribution is -0.113. The molecule has 1 amide bonds. The molecule has 9 nitrogen and oxygen atoms in total. The summed E-state index contributed by atoms with van der Waals surface area (Å²) in [6.45, 7) is 1.49. The van der Waals surface area contributed by atoms with Gasteiger partial charge in [0, 0.05) is 17.3 Å². The van der Waals surface area contributed by atoms with Gasteiger partial charge in [-0.15, -0.1) is 5.10 Å². The van der Waals surface area contributed by atoms with Gasteiger partial charge < -0.3 is 14.8 Å². The van der Waals surface area contributed by atoms with Crippen molar-refractivity contribution >= 4 is 29.1 Å². The molecule has 3 aromatic rings. The minimum atomic E-state index is -0.221. The molecule has 2 aromatic carbocycles. The maximum absolute atomic E-state index is 12.3. The van der Waals surface area contributed by atoms with E-state index in [4.69, 9.17) is 9.47 Å². The number of thioether (sulfide) groups is 1. The first-order valence-electron chi connectivity index (χ1n) is 8.56. The number of rotatable bonds is 8. The van der Waals surface area contributed by atoms with Crippen LogP contribution in [0.4, 0.5) is 5.69 Å². The lowest BCUT2D eigenvalue weighted by Gasteiger charge is -2.11. The Hall–Kier alpha value is -3.40. The summed E-state index contributed by atoms with van der Waals surface area (Å²) in [4.78, 5) is 23.6. The van der Waals surface area contributed by atoms with Gasteiger partial charge in [-0.2, -0.15) is 4.68 Å². The Balaban J connectivity index is 1.67. The Morgan fingerprint density at radius 1 is 1.10 bits per heavy atom. The van der Waals surface area contributed by atoms with Crippen LogP contribution in [0.1, 0.15) is 17.3 Å². The number of tetrazole rings is 1. The second-order valence-electron chi connectivity index (χ2n) is 5.88. The van der Waals surface area contributed by atoms with Crippen molar-refractivity contribution in [2.45, 2.75) is 12.1 Å². The Morgan fingerprint density at radius 3 is 2.52 bits per heavy atom. The van der Waals surface area contributed by atoms with E-state index in [2.05, 4.69) is 20.8 Å². The monoisotopic (exact) mass is 413 g/mol. The first kappa shape index (κ1) is 20.3. The van der Waals surface area contributed by atoms with Gasteiger partial charge in [-0.3, -0.25) is 9.59 Å². The molecule has 1 aromatic heterocycles. The highest BCUT2D eigenvalue weighted by molar-refractivity contribution is 7.99. The quantitative estimate of drug-likeness (QED) is 0.443. The summed E-state index contributed by atoms with van der Waals surface area (Å²) in [6, 6.07) is 12.0. The summed E-state index contributed by atoms with van der Waals surface area (Å²) in [7, 11) is 3.11. The first-order chi connectivity index (χ1) is 14.0. The zero-order valence-electron chi connectivity index (χ0n) is 16.1. The van der Waals surface area contributed by atoms with Crippen molar-refractivity contribution in [3.05, 3.63) is 48.0 Å². The van der Waals surface area contributed by atoms with Crippen molar-refractivity contribution in [2.24, 2.45) is 0 Å². The van der Waals surface area contributed by atoms with Crippen LogP contribution in [-0.4, -0.2) is 51.9 Å². The smallest absolute Gasteiger partial charge is 0.234 e. The Morgan fingerprint density at radius 2 is 1.86 bits per heavy atom. The molecular formula is C19H19N5O4S. The molecule has 0 fully saturated rings. The zero-order chi connectivity index (χ0) is 20.8. The van der Waals surface area contributed by atoms with Crippen LogP contribution in [0.25, 0.3) is 5.69 Å². The molecule has 10 heteroatoms. The summed E-state index contributed by atoms with van der Waals surface area (Å²) >= 11 is 1.19. The number of anilines is 1. The normalized spacial score (nSPS) is 10.4. The fourth-order valence-corrected chi connectivity index (χ4v) is 3.18. The fraction of sp³-hybridized carbons (Fsp3) is 0.211. The average molecular weight is 413 g/mol. The molecule has 0 saturated heterocycles. The molecule has 3 rings (SSSR count). The Kier molecular flexibility index (Phi) is 6.45. The number of nitrogens with one attached hydrogen (secondary N) is 1. The molecule has 0 radical (unpaired) electrons. The van der Waals surface area contributed by atoms with Gasteiger partial charge in [0.05, 0.1) is 20.0 Å². The molecule has 0 bridgehead atoms. The molecule has 1 heterocycles. The van der Waals surface area contributed by atoms with Gasteiger partial charge in [-0.25, -0.2) is 0 Å². The van der Waals surface area contributed by atoms with Crippen molar-refractivity contribution in [3.63, 3.8) is 0 Å². The number of hydrogen-bond donors (Lipinski definition) is 1. The number of aromatic nitrogens is 4. The van der Waals surface area contributed by atoms with Crippen molar-refractivity contribution < 1.29 is 19.1 Å². The molecule has 29 heavy (non-hydrogen) atoms. The Bertz CT molecular complexity index is 1020. The molecule has 0 spiro atoms. The third kappa shape index (κ3) is 4.91. The standard InChI is InChI=1S/C19H19N5O4S/c1-12(25)13-4-6-14(7-5-13)20-18(26)11-29-19-21-22-23-24(19)16-9-8-15(27-2)10-17(16)28-3/h4-10H,11H2,1-3H3,(H,20,26). The summed E-state index contributed by atoms with van der Waals surface area (Å²) < 4.78 is 12.1. The highest BCUT2D eigenvalue weighted by Crippen LogP contribution is 2.29. The van der Waals surface area contributed by atoms with Gasteiger partial charge in [0.25, 0.3) is 0 Å². The van der Waals surface area contributed by atoms with Crippen LogP contribution in [0.3, 0.4) is 0 Å². The number of carbonyl (C=O) groups is 2. The molecule has 0 saturated carbocycles. The van der Waals surface area contributed by atoms with Gasteiger partial charge >= 0.3 is 0 Å². The number of hydrogen-bond acceptors (Lipinski definition) is 8. The van der Waals surface area contributed by atoms with Gasteiger partial charge in [-0.1, -0.05) is 11.8 Å². The molecule has 0 aliphatic heterocycles. The molecular weight excluding hydrogens is 394 g/mol. The largest absolute Gasteiger partial charge is 0.497 e. The predicted molar refractivity (Wildman–Crippen MR) is 108 cm³/mol. The lowest BCUT2D eigenvalue weighted by atomic mass is 10.1. The van der Waals surface area contributed by atoms with Crippen LogP contribution in [-0.2, 0) is 4.79 Å². The minimum absolute atomic E-state index is 0.0285. The molecule has 1 N–H and O–H groups in total. The summed E-state index contributed by atoms with van der Waals surface area (Å²) in [5, 5.41) is 14.9. The van der Waals surface area contributed by atoms with E-state index in [1.54, 1.807) is 56.7 Å². The SMILES string of the molecule is COc1ccc(-n2nnnc2SCC(=O)Nc2ccc(C(C)=O)cc2)c(OC)c1. The highest BCUT2D eigenvalue weighted by atomic mass is 32.2. The van der Waals surface area contributed by atoms with Crippen LogP contribution in [0.2, 0.25) is 0 Å². The van der Waals surface area contributed by atoms with Crippen LogP contribution in [0.15, 0.2) is 47.6 Å². The van der Waals surface area contributed by atoms with Gasteiger partial charge in [0.1, 0.15) is 17.2 Å². The van der Waals surface area contributed by atoms with Gasteiger partial charge in [0.2, 0.25) is 11.1 Å². The van der Waals surface area contributed by atoms with E-state index in [-0.39, 0.29) is 17.4 Å². The predicted octanol–water partition coefficient (Wildman–Crippen LogP) is 2.61. The number of Topliss-reactive ketones (excluding diaryl/α,β-unsaturated/α-hetero) is 1. The maximum Gasteiger partial charge on any atom is 0.234 e. The number of methoxy groups -OCH3 is 2. The van der Waals surface area contributed by atoms with E-state index in [0.717, 1.165) is 0 Å².